The minimum Gasteiger partial charge on any atom is -0.358 e. The first-order valence-corrected chi connectivity index (χ1v) is 5.35. The quantitative estimate of drug-likeness (QED) is 0.713. The van der Waals surface area contributed by atoms with Crippen LogP contribution >= 0.6 is 0 Å². The maximum Gasteiger partial charge on any atom is 0.236 e. The number of carbonyl (C=O) groups is 1. The van der Waals surface area contributed by atoms with Gasteiger partial charge in [-0.05, 0) is 12.8 Å². The second kappa shape index (κ2) is 7.24. The fourth-order valence-corrected chi connectivity index (χ4v) is 1.48. The molecule has 0 fully saturated rings. The highest BCUT2D eigenvalue weighted by Crippen LogP contribution is 2.05. The van der Waals surface area contributed by atoms with Crippen molar-refractivity contribution in [1.82, 2.24) is 10.2 Å². The number of hydrogen-bond acceptors (Lipinski definition) is 3. The van der Waals surface area contributed by atoms with E-state index in [0.29, 0.717) is 18.9 Å². The SMILES string of the molecule is CNC(=O)C(C)N(CCC#N)CC(C)C. The smallest absolute Gasteiger partial charge is 0.236 e. The van der Waals surface area contributed by atoms with Gasteiger partial charge < -0.3 is 5.32 Å². The summed E-state index contributed by atoms with van der Waals surface area (Å²) in [6.07, 6.45) is 0.466. The predicted molar refractivity (Wildman–Crippen MR) is 60.2 cm³/mol. The molecule has 1 unspecified atom stereocenters. The summed E-state index contributed by atoms with van der Waals surface area (Å²) < 4.78 is 0. The second-order valence-corrected chi connectivity index (χ2v) is 4.09. The number of nitriles is 1. The van der Waals surface area contributed by atoms with Gasteiger partial charge in [0.2, 0.25) is 5.91 Å². The van der Waals surface area contributed by atoms with Gasteiger partial charge in [0, 0.05) is 26.6 Å². The van der Waals surface area contributed by atoms with E-state index >= 15 is 0 Å². The van der Waals surface area contributed by atoms with Crippen LogP contribution < -0.4 is 5.32 Å². The standard InChI is InChI=1S/C11H21N3O/c1-9(2)8-14(7-5-6-12)10(3)11(15)13-4/h9-10H,5,7-8H2,1-4H3,(H,13,15). The van der Waals surface area contributed by atoms with Gasteiger partial charge in [-0.25, -0.2) is 0 Å². The van der Waals surface area contributed by atoms with Crippen molar-refractivity contribution in [2.24, 2.45) is 5.92 Å². The minimum absolute atomic E-state index is 0.00795. The van der Waals surface area contributed by atoms with Gasteiger partial charge in [0.05, 0.1) is 12.1 Å². The summed E-state index contributed by atoms with van der Waals surface area (Å²) >= 11 is 0. The van der Waals surface area contributed by atoms with Crippen LogP contribution in [0.1, 0.15) is 27.2 Å². The van der Waals surface area contributed by atoms with Crippen LogP contribution in [0.15, 0.2) is 0 Å². The highest BCUT2D eigenvalue weighted by molar-refractivity contribution is 5.80. The molecule has 0 saturated heterocycles. The summed E-state index contributed by atoms with van der Waals surface area (Å²) in [4.78, 5) is 13.5. The highest BCUT2D eigenvalue weighted by Gasteiger charge is 2.20. The van der Waals surface area contributed by atoms with Crippen molar-refractivity contribution in [3.63, 3.8) is 0 Å². The number of amides is 1. The largest absolute Gasteiger partial charge is 0.358 e. The molecule has 0 heterocycles. The van der Waals surface area contributed by atoms with Crippen molar-refractivity contribution >= 4 is 5.91 Å². The fourth-order valence-electron chi connectivity index (χ4n) is 1.48. The van der Waals surface area contributed by atoms with Gasteiger partial charge in [0.1, 0.15) is 0 Å². The van der Waals surface area contributed by atoms with E-state index in [0.717, 1.165) is 6.54 Å². The molecule has 0 bridgehead atoms. The van der Waals surface area contributed by atoms with Gasteiger partial charge in [0.25, 0.3) is 0 Å². The van der Waals surface area contributed by atoms with Crippen LogP contribution in [0.4, 0.5) is 0 Å². The van der Waals surface area contributed by atoms with E-state index in [1.165, 1.54) is 0 Å². The maximum atomic E-state index is 11.5. The van der Waals surface area contributed by atoms with E-state index in [1.807, 2.05) is 11.8 Å². The van der Waals surface area contributed by atoms with Gasteiger partial charge in [-0.3, -0.25) is 9.69 Å². The first-order valence-electron chi connectivity index (χ1n) is 5.35. The Morgan fingerprint density at radius 3 is 2.47 bits per heavy atom. The maximum absolute atomic E-state index is 11.5. The predicted octanol–water partition coefficient (Wildman–Crippen LogP) is 0.993. The second-order valence-electron chi connectivity index (χ2n) is 4.09. The average molecular weight is 211 g/mol. The third-order valence-corrected chi connectivity index (χ3v) is 2.28. The minimum atomic E-state index is -0.161. The first kappa shape index (κ1) is 13.9. The summed E-state index contributed by atoms with van der Waals surface area (Å²) in [6.45, 7) is 7.59. The molecular weight excluding hydrogens is 190 g/mol. The third kappa shape index (κ3) is 5.38. The Kier molecular flexibility index (Phi) is 6.72. The van der Waals surface area contributed by atoms with Crippen LogP contribution in [-0.2, 0) is 4.79 Å². The summed E-state index contributed by atoms with van der Waals surface area (Å²) in [5.41, 5.74) is 0. The highest BCUT2D eigenvalue weighted by atomic mass is 16.2. The number of nitrogens with one attached hydrogen (secondary N) is 1. The number of rotatable bonds is 6. The average Bonchev–Trinajstić information content (AvgIpc) is 2.21. The van der Waals surface area contributed by atoms with E-state index < -0.39 is 0 Å². The molecule has 0 saturated carbocycles. The van der Waals surface area contributed by atoms with Crippen LogP contribution in [0.5, 0.6) is 0 Å². The first-order chi connectivity index (χ1) is 7.02. The van der Waals surface area contributed by atoms with Crippen molar-refractivity contribution in [1.29, 1.82) is 5.26 Å². The zero-order valence-electron chi connectivity index (χ0n) is 10.1. The molecule has 0 spiro atoms. The molecule has 1 amide bonds. The molecule has 0 radical (unpaired) electrons. The molecule has 0 aromatic heterocycles. The number of hydrogen-bond donors (Lipinski definition) is 1. The Labute approximate surface area is 92.3 Å². The molecule has 86 valence electrons. The lowest BCUT2D eigenvalue weighted by Gasteiger charge is -2.28. The molecule has 4 nitrogen and oxygen atoms in total. The molecule has 0 aromatic rings. The zero-order valence-corrected chi connectivity index (χ0v) is 10.1. The summed E-state index contributed by atoms with van der Waals surface area (Å²) in [5.74, 6) is 0.504. The molecule has 0 aromatic carbocycles. The van der Waals surface area contributed by atoms with Gasteiger partial charge >= 0.3 is 0 Å². The number of likely N-dealkylation sites (N-methyl/N-ethyl adjacent to an activating group) is 1. The molecular formula is C11H21N3O. The van der Waals surface area contributed by atoms with Crippen LogP contribution in [-0.4, -0.2) is 37.0 Å². The molecule has 0 aliphatic heterocycles. The van der Waals surface area contributed by atoms with Crippen molar-refractivity contribution in [3.05, 3.63) is 0 Å². The summed E-state index contributed by atoms with van der Waals surface area (Å²) in [6, 6.07) is 1.95. The van der Waals surface area contributed by atoms with E-state index in [2.05, 4.69) is 25.2 Å². The molecule has 0 rings (SSSR count). The fraction of sp³-hybridized carbons (Fsp3) is 0.818. The van der Waals surface area contributed by atoms with Gasteiger partial charge in [-0.2, -0.15) is 5.26 Å². The Bertz CT molecular complexity index is 232. The van der Waals surface area contributed by atoms with E-state index in [9.17, 15) is 4.79 Å². The van der Waals surface area contributed by atoms with Gasteiger partial charge in [0.15, 0.2) is 0 Å². The molecule has 1 N–H and O–H groups in total. The molecule has 1 atom stereocenters. The molecule has 15 heavy (non-hydrogen) atoms. The van der Waals surface area contributed by atoms with Crippen molar-refractivity contribution in [2.45, 2.75) is 33.2 Å². The van der Waals surface area contributed by atoms with Crippen LogP contribution in [0.25, 0.3) is 0 Å². The van der Waals surface area contributed by atoms with E-state index in [-0.39, 0.29) is 11.9 Å². The lowest BCUT2D eigenvalue weighted by molar-refractivity contribution is -0.125. The van der Waals surface area contributed by atoms with Crippen molar-refractivity contribution in [3.8, 4) is 6.07 Å². The van der Waals surface area contributed by atoms with Crippen LogP contribution in [0.2, 0.25) is 0 Å². The Morgan fingerprint density at radius 1 is 1.47 bits per heavy atom. The Hall–Kier alpha value is -1.08. The number of nitrogens with zero attached hydrogens (tertiary/aromatic N) is 2. The topological polar surface area (TPSA) is 56.1 Å². The lowest BCUT2D eigenvalue weighted by atomic mass is 10.1. The van der Waals surface area contributed by atoms with E-state index in [1.54, 1.807) is 7.05 Å². The normalized spacial score (nSPS) is 12.6. The van der Waals surface area contributed by atoms with Crippen LogP contribution in [0.3, 0.4) is 0 Å². The van der Waals surface area contributed by atoms with Crippen molar-refractivity contribution < 1.29 is 4.79 Å². The van der Waals surface area contributed by atoms with Gasteiger partial charge in [-0.15, -0.1) is 0 Å². The lowest BCUT2D eigenvalue weighted by Crippen LogP contribution is -2.45. The third-order valence-electron chi connectivity index (χ3n) is 2.28. The molecule has 0 aliphatic carbocycles. The van der Waals surface area contributed by atoms with Crippen molar-refractivity contribution in [2.75, 3.05) is 20.1 Å². The molecule has 0 aliphatic rings. The summed E-state index contributed by atoms with van der Waals surface area (Å²) in [7, 11) is 1.64. The Morgan fingerprint density at radius 2 is 2.07 bits per heavy atom. The zero-order chi connectivity index (χ0) is 11.8. The number of carbonyl (C=O) groups excluding carboxylic acids is 1. The Balaban J connectivity index is 4.33. The summed E-state index contributed by atoms with van der Waals surface area (Å²) in [5, 5.41) is 11.2. The van der Waals surface area contributed by atoms with E-state index in [4.69, 9.17) is 5.26 Å². The van der Waals surface area contributed by atoms with Crippen LogP contribution in [0, 0.1) is 17.2 Å². The monoisotopic (exact) mass is 211 g/mol. The van der Waals surface area contributed by atoms with Gasteiger partial charge in [-0.1, -0.05) is 13.8 Å². The molecule has 4 heteroatoms.